The average Bonchev–Trinajstić information content (AvgIpc) is 2.08. The van der Waals surface area contributed by atoms with Crippen LogP contribution < -0.4 is 67.5 Å². The Morgan fingerprint density at radius 3 is 0.300 bits per heavy atom. The summed E-state index contributed by atoms with van der Waals surface area (Å²) >= 11 is 0. The molecule has 0 radical (unpaired) electrons. The maximum atomic E-state index is 8.89. The van der Waals surface area contributed by atoms with Crippen molar-refractivity contribution in [3.8, 4) is 0 Å². The number of carboxylic acid groups (broad SMARTS) is 6. The summed E-state index contributed by atoms with van der Waals surface area (Å²) in [6.07, 6.45) is 0. The van der Waals surface area contributed by atoms with Crippen LogP contribution in [-0.2, 0) is 28.8 Å². The van der Waals surface area contributed by atoms with Gasteiger partial charge in [0.25, 0.3) is 0 Å². The number of carbonyl (C=O) groups is 6. The molecule has 0 aromatic carbocycles. The van der Waals surface area contributed by atoms with E-state index in [-0.39, 0.29) is 36.9 Å². The van der Waals surface area contributed by atoms with Crippen LogP contribution in [0.5, 0.6) is 0 Å². The molecule has 0 rings (SSSR count). The number of carboxylic acids is 6. The first-order chi connectivity index (χ1) is 10.4. The Bertz CT molecular complexity index is 277. The zero-order chi connectivity index (χ0) is 21.5. The highest BCUT2D eigenvalue weighted by Gasteiger charge is 1.48. The predicted octanol–water partition coefficient (Wildman–Crippen LogP) is -5.21. The average molecular weight is 462 g/mol. The molecule has 0 aromatic heterocycles. The molecule has 0 fully saturated rings. The van der Waals surface area contributed by atoms with Gasteiger partial charge in [-0.3, -0.25) is 0 Å². The largest absolute Gasteiger partial charge is 0.550 e. The van der Waals surface area contributed by atoms with Gasteiger partial charge in [0.05, 0.1) is 0 Å². The van der Waals surface area contributed by atoms with Crippen molar-refractivity contribution < 1.29 is 59.4 Å². The van der Waals surface area contributed by atoms with Crippen molar-refractivity contribution in [2.45, 2.75) is 41.5 Å². The number of carbonyl (C=O) groups excluding carboxylic acids is 6. The van der Waals surface area contributed by atoms with E-state index in [1.807, 2.05) is 0 Å². The fourth-order valence-electron chi connectivity index (χ4n) is 0. The van der Waals surface area contributed by atoms with Crippen LogP contribution in [0.3, 0.4) is 0 Å². The molecule has 24 N–H and O–H groups in total. The Morgan fingerprint density at radius 1 is 0.300 bits per heavy atom. The molecule has 0 bridgehead atoms. The molecule has 0 aliphatic carbocycles. The molecule has 0 spiro atoms. The molecule has 0 saturated heterocycles. The Kier molecular flexibility index (Phi) is 198. The zero-order valence-electron chi connectivity index (χ0n) is 19.9. The minimum absolute atomic E-state index is 0. The third kappa shape index (κ3) is 1170. The Balaban J connectivity index is -0.0000000125. The van der Waals surface area contributed by atoms with Crippen LogP contribution in [0.2, 0.25) is 0 Å². The third-order valence-corrected chi connectivity index (χ3v) is 0. The first-order valence-electron chi connectivity index (χ1n) is 5.45. The SMILES string of the molecule is CC(=O)[O-].CC(=O)[O-].CC(=O)[O-].CC(=O)[O-].CC(=O)[O-].CC(=O)[O-].[NH4+].[NH4+].[NH4+].[NH4+].[NH4+].[NH4+]. The van der Waals surface area contributed by atoms with Crippen molar-refractivity contribution in [3.05, 3.63) is 0 Å². The molecule has 0 amide bonds. The van der Waals surface area contributed by atoms with Crippen molar-refractivity contribution in [3.63, 3.8) is 0 Å². The highest BCUT2D eigenvalue weighted by Crippen LogP contribution is 1.32. The molecule has 0 atom stereocenters. The first kappa shape index (κ1) is 81.8. The van der Waals surface area contributed by atoms with Crippen LogP contribution in [0.15, 0.2) is 0 Å². The van der Waals surface area contributed by atoms with E-state index >= 15 is 0 Å². The lowest BCUT2D eigenvalue weighted by atomic mass is 10.9. The van der Waals surface area contributed by atoms with Gasteiger partial charge in [-0.2, -0.15) is 0 Å². The fraction of sp³-hybridized carbons (Fsp3) is 0.500. The summed E-state index contributed by atoms with van der Waals surface area (Å²) in [5, 5.41) is 53.3. The van der Waals surface area contributed by atoms with Gasteiger partial charge < -0.3 is 96.3 Å². The molecule has 18 heteroatoms. The van der Waals surface area contributed by atoms with Gasteiger partial charge in [0.15, 0.2) is 0 Å². The van der Waals surface area contributed by atoms with Crippen molar-refractivity contribution in [1.29, 1.82) is 0 Å². The second-order valence-corrected chi connectivity index (χ2v) is 2.95. The van der Waals surface area contributed by atoms with E-state index in [9.17, 15) is 0 Å². The molecule has 0 heterocycles. The summed E-state index contributed by atoms with van der Waals surface area (Å²) in [6.45, 7) is 5.83. The standard InChI is InChI=1S/6C2H4O2.6H3N/c6*1-2(3)4;;;;;;/h6*1H3,(H,3,4);6*1H3. The van der Waals surface area contributed by atoms with Gasteiger partial charge in [0.1, 0.15) is 0 Å². The summed E-state index contributed by atoms with van der Waals surface area (Å²) in [7, 11) is 0. The molecule has 0 unspecified atom stereocenters. The molecule has 0 aromatic rings. The zero-order valence-corrected chi connectivity index (χ0v) is 19.9. The Morgan fingerprint density at radius 2 is 0.300 bits per heavy atom. The monoisotopic (exact) mass is 462 g/mol. The van der Waals surface area contributed by atoms with Gasteiger partial charge in [-0.1, -0.05) is 0 Å². The van der Waals surface area contributed by atoms with E-state index in [1.54, 1.807) is 0 Å². The van der Waals surface area contributed by atoms with Crippen LogP contribution in [0.25, 0.3) is 0 Å². The molecule has 30 heavy (non-hydrogen) atoms. The van der Waals surface area contributed by atoms with E-state index in [4.69, 9.17) is 59.4 Å². The number of quaternary nitrogens is 6. The smallest absolute Gasteiger partial charge is 0.0383 e. The van der Waals surface area contributed by atoms with Crippen molar-refractivity contribution in [1.82, 2.24) is 36.9 Å². The number of aliphatic carboxylic acids is 6. The predicted molar refractivity (Wildman–Crippen MR) is 100.0 cm³/mol. The van der Waals surface area contributed by atoms with E-state index in [2.05, 4.69) is 0 Å². The van der Waals surface area contributed by atoms with E-state index < -0.39 is 35.8 Å². The van der Waals surface area contributed by atoms with Gasteiger partial charge in [-0.25, -0.2) is 0 Å². The Hall–Kier alpha value is -3.42. The quantitative estimate of drug-likeness (QED) is 0.196. The van der Waals surface area contributed by atoms with Gasteiger partial charge >= 0.3 is 0 Å². The molecule has 0 saturated carbocycles. The van der Waals surface area contributed by atoms with Gasteiger partial charge in [-0.15, -0.1) is 0 Å². The van der Waals surface area contributed by atoms with Crippen LogP contribution in [0.4, 0.5) is 0 Å². The topological polar surface area (TPSA) is 460 Å². The van der Waals surface area contributed by atoms with E-state index in [0.717, 1.165) is 41.5 Å². The summed E-state index contributed by atoms with van der Waals surface area (Å²) in [5.74, 6) is -6.50. The second kappa shape index (κ2) is 72.7. The first-order valence-corrected chi connectivity index (χ1v) is 5.45. The molecule has 0 aliphatic rings. The van der Waals surface area contributed by atoms with Gasteiger partial charge in [0.2, 0.25) is 0 Å². The maximum Gasteiger partial charge on any atom is 0.0383 e. The molecular formula is C12H42N6O12. The van der Waals surface area contributed by atoms with Crippen molar-refractivity contribution in [2.24, 2.45) is 0 Å². The van der Waals surface area contributed by atoms with Crippen LogP contribution in [-0.4, -0.2) is 35.8 Å². The highest BCUT2D eigenvalue weighted by atomic mass is 16.4. The van der Waals surface area contributed by atoms with E-state index in [1.165, 1.54) is 0 Å². The minimum Gasteiger partial charge on any atom is -0.550 e. The van der Waals surface area contributed by atoms with Crippen LogP contribution >= 0.6 is 0 Å². The number of rotatable bonds is 0. The fourth-order valence-corrected chi connectivity index (χ4v) is 0. The Labute approximate surface area is 174 Å². The van der Waals surface area contributed by atoms with Gasteiger partial charge in [-0.05, 0) is 41.5 Å². The molecule has 0 aliphatic heterocycles. The number of hydrogen-bond acceptors (Lipinski definition) is 12. The molecule has 192 valence electrons. The molecular weight excluding hydrogens is 420 g/mol. The lowest BCUT2D eigenvalue weighted by Crippen LogP contribution is -2.16. The van der Waals surface area contributed by atoms with Gasteiger partial charge in [0, 0.05) is 35.8 Å². The number of hydrogen-bond donors (Lipinski definition) is 6. The van der Waals surface area contributed by atoms with Crippen molar-refractivity contribution in [2.75, 3.05) is 0 Å². The van der Waals surface area contributed by atoms with Crippen LogP contribution in [0.1, 0.15) is 41.5 Å². The van der Waals surface area contributed by atoms with E-state index in [0.29, 0.717) is 0 Å². The lowest BCUT2D eigenvalue weighted by Gasteiger charge is -1.77. The highest BCUT2D eigenvalue weighted by molar-refractivity contribution is 5.61. The maximum absolute atomic E-state index is 8.89. The summed E-state index contributed by atoms with van der Waals surface area (Å²) in [5.41, 5.74) is 0. The lowest BCUT2D eigenvalue weighted by molar-refractivity contribution is -0.303. The van der Waals surface area contributed by atoms with Crippen molar-refractivity contribution >= 4 is 35.8 Å². The summed E-state index contributed by atoms with van der Waals surface area (Å²) < 4.78 is 0. The normalized spacial score (nSPS) is 5.00. The van der Waals surface area contributed by atoms with Crippen LogP contribution in [0, 0.1) is 0 Å². The third-order valence-electron chi connectivity index (χ3n) is 0. The summed E-state index contributed by atoms with van der Waals surface area (Å²) in [4.78, 5) is 53.3. The molecule has 18 nitrogen and oxygen atoms in total. The minimum atomic E-state index is -1.08. The summed E-state index contributed by atoms with van der Waals surface area (Å²) in [6, 6.07) is 0. The second-order valence-electron chi connectivity index (χ2n) is 2.95.